The van der Waals surface area contributed by atoms with Gasteiger partial charge < -0.3 is 9.47 Å². The molecule has 5 heteroatoms. The lowest BCUT2D eigenvalue weighted by Crippen LogP contribution is -2.23. The van der Waals surface area contributed by atoms with Crippen molar-refractivity contribution in [3.05, 3.63) is 11.6 Å². The Labute approximate surface area is 109 Å². The number of carbonyl (C=O) groups excluding carboxylic acids is 2. The van der Waals surface area contributed by atoms with Crippen LogP contribution < -0.4 is 0 Å². The van der Waals surface area contributed by atoms with Crippen molar-refractivity contribution in [3.63, 3.8) is 0 Å². The Morgan fingerprint density at radius 1 is 1.24 bits per heavy atom. The van der Waals surface area contributed by atoms with E-state index in [2.05, 4.69) is 15.9 Å². The molecule has 0 bridgehead atoms. The summed E-state index contributed by atoms with van der Waals surface area (Å²) in [6.07, 6.45) is 2.88. The number of halogens is 1. The second-order valence-electron chi connectivity index (χ2n) is 3.86. The molecule has 1 aliphatic rings. The van der Waals surface area contributed by atoms with Gasteiger partial charge in [-0.1, -0.05) is 15.9 Å². The Bertz CT molecular complexity index is 331. The van der Waals surface area contributed by atoms with E-state index in [0.29, 0.717) is 18.5 Å². The zero-order chi connectivity index (χ0) is 12.9. The molecule has 0 amide bonds. The molecule has 0 saturated heterocycles. The molecular formula is C12H17BrO4. The van der Waals surface area contributed by atoms with Crippen LogP contribution in [0, 0.1) is 5.41 Å². The molecule has 0 aliphatic heterocycles. The van der Waals surface area contributed by atoms with Crippen molar-refractivity contribution < 1.29 is 19.1 Å². The van der Waals surface area contributed by atoms with Crippen LogP contribution in [0.5, 0.6) is 0 Å². The predicted octanol–water partition coefficient (Wildman–Crippen LogP) is 2.21. The Hall–Kier alpha value is -0.840. The SMILES string of the molecule is CCOC(=O)C=C(CBr)C1(C(=O)OCC)CC1. The molecule has 1 rings (SSSR count). The fourth-order valence-corrected chi connectivity index (χ4v) is 2.38. The average molecular weight is 305 g/mol. The van der Waals surface area contributed by atoms with E-state index in [-0.39, 0.29) is 5.97 Å². The maximum atomic E-state index is 11.8. The van der Waals surface area contributed by atoms with E-state index in [9.17, 15) is 9.59 Å². The van der Waals surface area contributed by atoms with E-state index < -0.39 is 11.4 Å². The first-order valence-corrected chi connectivity index (χ1v) is 6.83. The summed E-state index contributed by atoms with van der Waals surface area (Å²) >= 11 is 3.31. The monoisotopic (exact) mass is 304 g/mol. The average Bonchev–Trinajstić information content (AvgIpc) is 3.08. The Morgan fingerprint density at radius 2 is 1.82 bits per heavy atom. The first kappa shape index (κ1) is 14.2. The van der Waals surface area contributed by atoms with Gasteiger partial charge in [-0.2, -0.15) is 0 Å². The van der Waals surface area contributed by atoms with Gasteiger partial charge >= 0.3 is 11.9 Å². The lowest BCUT2D eigenvalue weighted by molar-refractivity contribution is -0.148. The molecule has 17 heavy (non-hydrogen) atoms. The quantitative estimate of drug-likeness (QED) is 0.429. The standard InChI is InChI=1S/C12H17BrO4/c1-3-16-10(14)7-9(8-13)12(5-6-12)11(15)17-4-2/h7H,3-6,8H2,1-2H3. The zero-order valence-corrected chi connectivity index (χ0v) is 11.7. The minimum atomic E-state index is -0.591. The Kier molecular flexibility index (Phi) is 5.18. The topological polar surface area (TPSA) is 52.6 Å². The van der Waals surface area contributed by atoms with Crippen LogP contribution in [0.2, 0.25) is 0 Å². The first-order valence-electron chi connectivity index (χ1n) is 5.71. The summed E-state index contributed by atoms with van der Waals surface area (Å²) in [5, 5.41) is 0.477. The van der Waals surface area contributed by atoms with Crippen molar-refractivity contribution in [2.24, 2.45) is 5.41 Å². The summed E-state index contributed by atoms with van der Waals surface area (Å²) in [6, 6.07) is 0. The van der Waals surface area contributed by atoms with Crippen molar-refractivity contribution in [2.75, 3.05) is 18.5 Å². The summed E-state index contributed by atoms with van der Waals surface area (Å²) in [5.41, 5.74) is 0.154. The van der Waals surface area contributed by atoms with Crippen molar-refractivity contribution >= 4 is 27.9 Å². The first-order chi connectivity index (χ1) is 8.10. The molecule has 0 aromatic carbocycles. The predicted molar refractivity (Wildman–Crippen MR) is 66.8 cm³/mol. The molecule has 0 heterocycles. The second kappa shape index (κ2) is 6.19. The lowest BCUT2D eigenvalue weighted by Gasteiger charge is -2.15. The molecule has 1 aliphatic carbocycles. The molecule has 1 fully saturated rings. The van der Waals surface area contributed by atoms with Gasteiger partial charge in [0.15, 0.2) is 0 Å². The minimum Gasteiger partial charge on any atom is -0.465 e. The molecule has 0 aromatic heterocycles. The molecule has 0 radical (unpaired) electrons. The maximum Gasteiger partial charge on any atom is 0.330 e. The van der Waals surface area contributed by atoms with Crippen LogP contribution in [0.1, 0.15) is 26.7 Å². The van der Waals surface area contributed by atoms with Crippen LogP contribution in [0.3, 0.4) is 0 Å². The van der Waals surface area contributed by atoms with Gasteiger partial charge in [-0.3, -0.25) is 4.79 Å². The van der Waals surface area contributed by atoms with Gasteiger partial charge in [-0.25, -0.2) is 4.79 Å². The molecule has 0 atom stereocenters. The van der Waals surface area contributed by atoms with Gasteiger partial charge in [0.25, 0.3) is 0 Å². The second-order valence-corrected chi connectivity index (χ2v) is 4.42. The number of hydrogen-bond acceptors (Lipinski definition) is 4. The number of alkyl halides is 1. The Balaban J connectivity index is 2.80. The van der Waals surface area contributed by atoms with Crippen molar-refractivity contribution in [1.82, 2.24) is 0 Å². The number of ether oxygens (including phenoxy) is 2. The van der Waals surface area contributed by atoms with Crippen LogP contribution in [0.15, 0.2) is 11.6 Å². The number of carbonyl (C=O) groups is 2. The highest BCUT2D eigenvalue weighted by Crippen LogP contribution is 2.53. The third-order valence-electron chi connectivity index (χ3n) is 2.75. The Morgan fingerprint density at radius 3 is 2.24 bits per heavy atom. The maximum absolute atomic E-state index is 11.8. The van der Waals surface area contributed by atoms with E-state index >= 15 is 0 Å². The zero-order valence-electron chi connectivity index (χ0n) is 10.1. The third-order valence-corrected chi connectivity index (χ3v) is 3.36. The van der Waals surface area contributed by atoms with Crippen molar-refractivity contribution in [2.45, 2.75) is 26.7 Å². The van der Waals surface area contributed by atoms with Gasteiger partial charge in [0.2, 0.25) is 0 Å². The minimum absolute atomic E-state index is 0.241. The third kappa shape index (κ3) is 3.31. The molecule has 1 saturated carbocycles. The molecular weight excluding hydrogens is 288 g/mol. The van der Waals surface area contributed by atoms with E-state index in [0.717, 1.165) is 18.4 Å². The molecule has 0 unspecified atom stereocenters. The van der Waals surface area contributed by atoms with Crippen LogP contribution in [-0.2, 0) is 19.1 Å². The van der Waals surface area contributed by atoms with E-state index in [1.807, 2.05) is 0 Å². The van der Waals surface area contributed by atoms with Crippen LogP contribution in [0.4, 0.5) is 0 Å². The highest BCUT2D eigenvalue weighted by Gasteiger charge is 2.53. The van der Waals surface area contributed by atoms with Crippen LogP contribution in [-0.4, -0.2) is 30.5 Å². The van der Waals surface area contributed by atoms with Crippen molar-refractivity contribution in [1.29, 1.82) is 0 Å². The largest absolute Gasteiger partial charge is 0.465 e. The summed E-state index contributed by atoms with van der Waals surface area (Å²) < 4.78 is 9.89. The smallest absolute Gasteiger partial charge is 0.330 e. The molecule has 0 N–H and O–H groups in total. The van der Waals surface area contributed by atoms with E-state index in [1.54, 1.807) is 13.8 Å². The highest BCUT2D eigenvalue weighted by molar-refractivity contribution is 9.09. The fourth-order valence-electron chi connectivity index (χ4n) is 1.68. The van der Waals surface area contributed by atoms with Gasteiger partial charge in [0.05, 0.1) is 18.6 Å². The molecule has 0 spiro atoms. The molecule has 0 aromatic rings. The van der Waals surface area contributed by atoms with Crippen LogP contribution >= 0.6 is 15.9 Å². The van der Waals surface area contributed by atoms with E-state index in [4.69, 9.17) is 9.47 Å². The summed E-state index contributed by atoms with van der Waals surface area (Å²) in [4.78, 5) is 23.2. The normalized spacial score (nSPS) is 17.5. The van der Waals surface area contributed by atoms with Crippen molar-refractivity contribution in [3.8, 4) is 0 Å². The highest BCUT2D eigenvalue weighted by atomic mass is 79.9. The number of esters is 2. The molecule has 96 valence electrons. The van der Waals surface area contributed by atoms with Gasteiger partial charge in [0.1, 0.15) is 0 Å². The molecule has 4 nitrogen and oxygen atoms in total. The lowest BCUT2D eigenvalue weighted by atomic mass is 9.97. The number of hydrogen-bond donors (Lipinski definition) is 0. The summed E-state index contributed by atoms with van der Waals surface area (Å²) in [6.45, 7) is 4.21. The van der Waals surface area contributed by atoms with E-state index in [1.165, 1.54) is 6.08 Å². The summed E-state index contributed by atoms with van der Waals surface area (Å²) in [7, 11) is 0. The van der Waals surface area contributed by atoms with Gasteiger partial charge in [-0.05, 0) is 32.3 Å². The van der Waals surface area contributed by atoms with Gasteiger partial charge in [-0.15, -0.1) is 0 Å². The number of rotatable bonds is 6. The summed E-state index contributed by atoms with van der Waals surface area (Å²) in [5.74, 6) is -0.646. The van der Waals surface area contributed by atoms with Gasteiger partial charge in [0, 0.05) is 11.4 Å². The van der Waals surface area contributed by atoms with Crippen LogP contribution in [0.25, 0.3) is 0 Å². The fraction of sp³-hybridized carbons (Fsp3) is 0.667.